The summed E-state index contributed by atoms with van der Waals surface area (Å²) in [6.07, 6.45) is 0. The number of rotatable bonds is 2. The molecule has 2 heterocycles. The Morgan fingerprint density at radius 2 is 1.44 bits per heavy atom. The van der Waals surface area contributed by atoms with Gasteiger partial charge in [0.15, 0.2) is 11.4 Å². The SMILES string of the molecule is CC1(C)N([O])C(c2ccc(-c3nc(N)nc(N)n3)cc2)=[N+]([O-])C1(C)C. The second kappa shape index (κ2) is 5.28. The minimum absolute atomic E-state index is 0.0247. The largest absolute Gasteiger partial charge is 0.714 e. The third-order valence-electron chi connectivity index (χ3n) is 4.97. The molecule has 0 amide bonds. The fourth-order valence-electron chi connectivity index (χ4n) is 2.65. The molecule has 1 radical (unpaired) electrons. The first kappa shape index (κ1) is 16.9. The number of nitrogens with two attached hydrogens (primary N) is 2. The highest BCUT2D eigenvalue weighted by Crippen LogP contribution is 2.37. The molecule has 1 aromatic carbocycles. The predicted octanol–water partition coefficient (Wildman–Crippen LogP) is 1.18. The molecule has 131 valence electrons. The van der Waals surface area contributed by atoms with Crippen LogP contribution in [-0.4, -0.2) is 41.7 Å². The topological polar surface area (TPSA) is 140 Å². The molecular weight excluding hydrogens is 322 g/mol. The van der Waals surface area contributed by atoms with Crippen LogP contribution in [0.2, 0.25) is 0 Å². The van der Waals surface area contributed by atoms with Gasteiger partial charge in [0.1, 0.15) is 5.54 Å². The minimum Gasteiger partial charge on any atom is -0.714 e. The van der Waals surface area contributed by atoms with Crippen LogP contribution in [0.1, 0.15) is 33.3 Å². The molecule has 1 aliphatic rings. The van der Waals surface area contributed by atoms with Gasteiger partial charge in [-0.2, -0.15) is 15.0 Å². The zero-order valence-electron chi connectivity index (χ0n) is 14.5. The number of anilines is 2. The van der Waals surface area contributed by atoms with Crippen LogP contribution in [0.5, 0.6) is 0 Å². The summed E-state index contributed by atoms with van der Waals surface area (Å²) >= 11 is 0. The van der Waals surface area contributed by atoms with E-state index in [0.29, 0.717) is 17.0 Å². The maximum atomic E-state index is 12.7. The fourth-order valence-corrected chi connectivity index (χ4v) is 2.65. The van der Waals surface area contributed by atoms with Gasteiger partial charge in [-0.05, 0) is 39.8 Å². The summed E-state index contributed by atoms with van der Waals surface area (Å²) in [5.41, 5.74) is 10.6. The Morgan fingerprint density at radius 1 is 0.960 bits per heavy atom. The van der Waals surface area contributed by atoms with Gasteiger partial charge in [-0.1, -0.05) is 17.2 Å². The molecule has 1 aliphatic heterocycles. The summed E-state index contributed by atoms with van der Waals surface area (Å²) < 4.78 is 0.772. The van der Waals surface area contributed by atoms with Gasteiger partial charge in [-0.3, -0.25) is 4.74 Å². The Balaban J connectivity index is 2.02. The lowest BCUT2D eigenvalue weighted by Gasteiger charge is -2.32. The van der Waals surface area contributed by atoms with Crippen molar-refractivity contribution in [2.75, 3.05) is 11.5 Å². The molecular formula is C16H20N7O2. The molecule has 1 aromatic heterocycles. The van der Waals surface area contributed by atoms with E-state index in [4.69, 9.17) is 11.5 Å². The van der Waals surface area contributed by atoms with Crippen molar-refractivity contribution in [2.24, 2.45) is 0 Å². The van der Waals surface area contributed by atoms with Gasteiger partial charge < -0.3 is 16.7 Å². The molecule has 3 rings (SSSR count). The normalized spacial score (nSPS) is 18.7. The molecule has 9 nitrogen and oxygen atoms in total. The van der Waals surface area contributed by atoms with Crippen molar-refractivity contribution >= 4 is 17.7 Å². The summed E-state index contributed by atoms with van der Waals surface area (Å²) in [4.78, 5) is 11.8. The first-order chi connectivity index (χ1) is 11.6. The molecule has 9 heteroatoms. The quantitative estimate of drug-likeness (QED) is 0.616. The number of amidine groups is 1. The van der Waals surface area contributed by atoms with Crippen molar-refractivity contribution in [2.45, 2.75) is 38.8 Å². The van der Waals surface area contributed by atoms with Crippen LogP contribution in [0.3, 0.4) is 0 Å². The highest BCUT2D eigenvalue weighted by atomic mass is 16.5. The predicted molar refractivity (Wildman–Crippen MR) is 92.5 cm³/mol. The van der Waals surface area contributed by atoms with Crippen molar-refractivity contribution in [3.63, 3.8) is 0 Å². The lowest BCUT2D eigenvalue weighted by Crippen LogP contribution is -2.53. The highest BCUT2D eigenvalue weighted by Gasteiger charge is 2.59. The average Bonchev–Trinajstić information content (AvgIpc) is 2.65. The molecule has 0 saturated carbocycles. The van der Waals surface area contributed by atoms with Gasteiger partial charge in [-0.15, -0.1) is 0 Å². The number of hydroxylamine groups is 3. The van der Waals surface area contributed by atoms with Gasteiger partial charge in [0.25, 0.3) is 0 Å². The summed E-state index contributed by atoms with van der Waals surface area (Å²) in [5.74, 6) is 0.455. The summed E-state index contributed by atoms with van der Waals surface area (Å²) in [6, 6.07) is 6.76. The van der Waals surface area contributed by atoms with Gasteiger partial charge in [0, 0.05) is 10.8 Å². The summed E-state index contributed by atoms with van der Waals surface area (Å²) in [6.45, 7) is 7.01. The zero-order valence-corrected chi connectivity index (χ0v) is 14.5. The average molecular weight is 342 g/mol. The highest BCUT2D eigenvalue weighted by molar-refractivity contribution is 5.96. The first-order valence-electron chi connectivity index (χ1n) is 7.75. The van der Waals surface area contributed by atoms with E-state index < -0.39 is 11.1 Å². The standard InChI is InChI=1S/C16H20N7O2/c1-15(2)16(3,4)23(25)12(22(15)24)10-7-5-9(6-8-10)11-19-13(17)21-14(18)20-11/h5-8H,1-4H3,(H4,17,18,19,20,21). The van der Waals surface area contributed by atoms with Gasteiger partial charge in [0.05, 0.1) is 5.56 Å². The van der Waals surface area contributed by atoms with E-state index in [2.05, 4.69) is 15.0 Å². The number of aromatic nitrogens is 3. The molecule has 25 heavy (non-hydrogen) atoms. The molecule has 2 aromatic rings. The van der Waals surface area contributed by atoms with Crippen LogP contribution in [0, 0.1) is 5.21 Å². The second-order valence-corrected chi connectivity index (χ2v) is 6.98. The molecule has 0 fully saturated rings. The van der Waals surface area contributed by atoms with Crippen LogP contribution in [0.25, 0.3) is 11.4 Å². The summed E-state index contributed by atoms with van der Waals surface area (Å²) in [5, 5.41) is 26.1. The number of hydrogen-bond acceptors (Lipinski definition) is 7. The minimum atomic E-state index is -0.861. The van der Waals surface area contributed by atoms with E-state index in [0.717, 1.165) is 9.80 Å². The number of nitrogens with zero attached hydrogens (tertiary/aromatic N) is 5. The Labute approximate surface area is 145 Å². The van der Waals surface area contributed by atoms with E-state index in [9.17, 15) is 10.4 Å². The smallest absolute Gasteiger partial charge is 0.316 e. The van der Waals surface area contributed by atoms with Crippen molar-refractivity contribution in [1.29, 1.82) is 0 Å². The maximum absolute atomic E-state index is 12.7. The number of nitrogen functional groups attached to an aromatic ring is 2. The zero-order chi connectivity index (χ0) is 18.6. The van der Waals surface area contributed by atoms with Crippen molar-refractivity contribution in [3.8, 4) is 11.4 Å². The van der Waals surface area contributed by atoms with Gasteiger partial charge in [-0.25, -0.2) is 0 Å². The molecule has 0 saturated heterocycles. The Morgan fingerprint density at radius 3 is 1.88 bits per heavy atom. The van der Waals surface area contributed by atoms with Crippen LogP contribution in [0.4, 0.5) is 11.9 Å². The van der Waals surface area contributed by atoms with Crippen LogP contribution >= 0.6 is 0 Å². The van der Waals surface area contributed by atoms with Crippen LogP contribution < -0.4 is 11.5 Å². The lowest BCUT2D eigenvalue weighted by molar-refractivity contribution is -0.539. The van der Waals surface area contributed by atoms with E-state index in [-0.39, 0.29) is 17.7 Å². The molecule has 0 unspecified atom stereocenters. The Kier molecular flexibility index (Phi) is 3.57. The fraction of sp³-hybridized carbons (Fsp3) is 0.375. The van der Waals surface area contributed by atoms with E-state index >= 15 is 0 Å². The molecule has 0 atom stereocenters. The number of benzene rings is 1. The maximum Gasteiger partial charge on any atom is 0.316 e. The van der Waals surface area contributed by atoms with Crippen molar-refractivity contribution in [1.82, 2.24) is 20.0 Å². The van der Waals surface area contributed by atoms with Gasteiger partial charge >= 0.3 is 5.84 Å². The molecule has 0 bridgehead atoms. The monoisotopic (exact) mass is 342 g/mol. The van der Waals surface area contributed by atoms with E-state index in [1.807, 2.05) is 0 Å². The van der Waals surface area contributed by atoms with Crippen LogP contribution in [0.15, 0.2) is 24.3 Å². The molecule has 0 spiro atoms. The van der Waals surface area contributed by atoms with Crippen LogP contribution in [-0.2, 0) is 5.21 Å². The third kappa shape index (κ3) is 2.43. The lowest BCUT2D eigenvalue weighted by atomic mass is 9.84. The van der Waals surface area contributed by atoms with Gasteiger partial charge in [0.2, 0.25) is 11.9 Å². The first-order valence-corrected chi connectivity index (χ1v) is 7.75. The number of hydrogen-bond donors (Lipinski definition) is 2. The van der Waals surface area contributed by atoms with Crippen molar-refractivity contribution in [3.05, 3.63) is 35.0 Å². The summed E-state index contributed by atoms with van der Waals surface area (Å²) in [7, 11) is 0. The van der Waals surface area contributed by atoms with E-state index in [1.165, 1.54) is 0 Å². The Hall–Kier alpha value is -2.94. The molecule has 0 aliphatic carbocycles. The molecule has 4 N–H and O–H groups in total. The van der Waals surface area contributed by atoms with E-state index in [1.54, 1.807) is 52.0 Å². The Bertz CT molecular complexity index is 839. The second-order valence-electron chi connectivity index (χ2n) is 6.98. The third-order valence-corrected chi connectivity index (χ3v) is 4.97. The van der Waals surface area contributed by atoms with Crippen molar-refractivity contribution < 1.29 is 9.95 Å².